The van der Waals surface area contributed by atoms with Crippen molar-refractivity contribution in [2.24, 2.45) is 0 Å². The Bertz CT molecular complexity index is 1510. The van der Waals surface area contributed by atoms with Crippen LogP contribution in [0.25, 0.3) is 0 Å². The third-order valence-electron chi connectivity index (χ3n) is 6.95. The van der Waals surface area contributed by atoms with Gasteiger partial charge in [-0.2, -0.15) is 0 Å². The topological polar surface area (TPSA) is 162 Å². The number of amides is 5. The van der Waals surface area contributed by atoms with E-state index in [1.807, 2.05) is 44.2 Å². The molecule has 5 amide bonds. The van der Waals surface area contributed by atoms with Crippen molar-refractivity contribution in [2.75, 3.05) is 24.2 Å². The number of rotatable bonds is 13. The lowest BCUT2D eigenvalue weighted by Gasteiger charge is -2.29. The van der Waals surface area contributed by atoms with Crippen LogP contribution in [0.1, 0.15) is 59.4 Å². The van der Waals surface area contributed by atoms with E-state index >= 15 is 0 Å². The number of hydrogen-bond acceptors (Lipinski definition) is 9. The first-order valence-corrected chi connectivity index (χ1v) is 16.5. The molecule has 0 aliphatic carbocycles. The van der Waals surface area contributed by atoms with Gasteiger partial charge in [0, 0.05) is 24.4 Å². The van der Waals surface area contributed by atoms with E-state index in [0.717, 1.165) is 10.5 Å². The number of carbonyl (C=O) groups is 6. The van der Waals surface area contributed by atoms with Gasteiger partial charge in [0.25, 0.3) is 11.8 Å². The van der Waals surface area contributed by atoms with Gasteiger partial charge in [-0.3, -0.25) is 34.2 Å². The number of anilines is 1. The molecule has 0 saturated carbocycles. The lowest BCUT2D eigenvalue weighted by atomic mass is 10.0. The van der Waals surface area contributed by atoms with Gasteiger partial charge in [-0.25, -0.2) is 4.79 Å². The summed E-state index contributed by atoms with van der Waals surface area (Å²) >= 11 is 0. The second kappa shape index (κ2) is 14.7. The summed E-state index contributed by atoms with van der Waals surface area (Å²) in [6.45, 7) is 7.23. The van der Waals surface area contributed by atoms with Gasteiger partial charge < -0.3 is 20.1 Å². The number of carboxylic acid groups (broad SMARTS) is 1. The van der Waals surface area contributed by atoms with Gasteiger partial charge in [0.15, 0.2) is 0 Å². The number of carbonyl (C=O) groups excluding carboxylic acids is 5. The van der Waals surface area contributed by atoms with Crippen molar-refractivity contribution in [2.45, 2.75) is 50.4 Å². The standard InChI is InChI=1S/C31H34N4O8S2/c1-19-12-13-23(27(39)32-19)35-28(40)21-10-7-11-22(26(21)29(35)41)33-30(42)43-18-31(2,3)45-44-15-14-24(36)34(17-25(37)38)16-20-8-5-4-6-9-20/h4-11,23H,1,12-18H2,2-3H3,(H,32,39)(H,33,42)(H,37,38). The van der Waals surface area contributed by atoms with Crippen molar-refractivity contribution in [3.8, 4) is 0 Å². The molecule has 1 fully saturated rings. The average Bonchev–Trinajstić information content (AvgIpc) is 3.24. The van der Waals surface area contributed by atoms with Crippen LogP contribution in [0, 0.1) is 0 Å². The Morgan fingerprint density at radius 3 is 2.53 bits per heavy atom. The summed E-state index contributed by atoms with van der Waals surface area (Å²) in [5.74, 6) is -2.72. The second-order valence-corrected chi connectivity index (χ2v) is 14.2. The Balaban J connectivity index is 1.26. The molecule has 1 unspecified atom stereocenters. The molecule has 2 aliphatic rings. The van der Waals surface area contributed by atoms with Crippen molar-refractivity contribution < 1.29 is 38.6 Å². The van der Waals surface area contributed by atoms with E-state index in [4.69, 9.17) is 4.74 Å². The summed E-state index contributed by atoms with van der Waals surface area (Å²) in [7, 11) is 2.81. The zero-order valence-electron chi connectivity index (χ0n) is 24.9. The number of fused-ring (bicyclic) bond motifs is 1. The van der Waals surface area contributed by atoms with Gasteiger partial charge in [0.2, 0.25) is 11.8 Å². The maximum atomic E-state index is 13.3. The molecule has 2 aliphatic heterocycles. The smallest absolute Gasteiger partial charge is 0.411 e. The van der Waals surface area contributed by atoms with Gasteiger partial charge in [0.1, 0.15) is 19.2 Å². The fourth-order valence-corrected chi connectivity index (χ4v) is 7.16. The molecule has 14 heteroatoms. The monoisotopic (exact) mass is 654 g/mol. The number of nitrogens with one attached hydrogen (secondary N) is 2. The normalized spacial score (nSPS) is 16.2. The summed E-state index contributed by atoms with van der Waals surface area (Å²) in [5.41, 5.74) is 1.53. The van der Waals surface area contributed by atoms with E-state index in [9.17, 15) is 33.9 Å². The highest BCUT2D eigenvalue weighted by Crippen LogP contribution is 2.37. The second-order valence-electron chi connectivity index (χ2n) is 11.1. The number of benzene rings is 2. The molecule has 0 radical (unpaired) electrons. The summed E-state index contributed by atoms with van der Waals surface area (Å²) in [4.78, 5) is 77.8. The predicted molar refractivity (Wildman–Crippen MR) is 170 cm³/mol. The molecule has 238 valence electrons. The van der Waals surface area contributed by atoms with E-state index in [-0.39, 0.29) is 48.7 Å². The number of nitrogens with zero attached hydrogens (tertiary/aromatic N) is 2. The number of allylic oxidation sites excluding steroid dienone is 1. The van der Waals surface area contributed by atoms with Crippen LogP contribution in [0.4, 0.5) is 10.5 Å². The maximum Gasteiger partial charge on any atom is 0.411 e. The van der Waals surface area contributed by atoms with E-state index in [0.29, 0.717) is 17.9 Å². The number of imide groups is 1. The molecule has 3 N–H and O–H groups in total. The molecule has 0 spiro atoms. The van der Waals surface area contributed by atoms with Crippen molar-refractivity contribution >= 4 is 63.0 Å². The molecular weight excluding hydrogens is 620 g/mol. The summed E-state index contributed by atoms with van der Waals surface area (Å²) in [6.07, 6.45) is -0.00207. The first-order chi connectivity index (χ1) is 21.4. The largest absolute Gasteiger partial charge is 0.480 e. The predicted octanol–water partition coefficient (Wildman–Crippen LogP) is 4.29. The fourth-order valence-electron chi connectivity index (χ4n) is 4.80. The maximum absolute atomic E-state index is 13.3. The quantitative estimate of drug-likeness (QED) is 0.161. The Kier molecular flexibility index (Phi) is 10.9. The van der Waals surface area contributed by atoms with Crippen LogP contribution < -0.4 is 10.6 Å². The molecular formula is C31H34N4O8S2. The Hall–Kier alpha value is -4.30. The number of piperidine rings is 1. The van der Waals surface area contributed by atoms with E-state index < -0.39 is 47.1 Å². The number of hydrogen-bond donors (Lipinski definition) is 3. The van der Waals surface area contributed by atoms with Crippen LogP contribution in [0.3, 0.4) is 0 Å². The van der Waals surface area contributed by atoms with Crippen LogP contribution in [0.15, 0.2) is 60.8 Å². The third kappa shape index (κ3) is 8.66. The molecule has 4 rings (SSSR count). The highest BCUT2D eigenvalue weighted by Gasteiger charge is 2.45. The molecule has 2 aromatic rings. The van der Waals surface area contributed by atoms with Gasteiger partial charge in [-0.05, 0) is 44.4 Å². The number of carboxylic acids is 1. The average molecular weight is 655 g/mol. The summed E-state index contributed by atoms with van der Waals surface area (Å²) in [5, 5.41) is 14.4. The minimum atomic E-state index is -1.09. The summed E-state index contributed by atoms with van der Waals surface area (Å²) < 4.78 is 4.86. The molecule has 2 heterocycles. The van der Waals surface area contributed by atoms with Crippen LogP contribution in [0.2, 0.25) is 0 Å². The third-order valence-corrected chi connectivity index (χ3v) is 10.2. The molecule has 1 saturated heterocycles. The van der Waals surface area contributed by atoms with Crippen LogP contribution >= 0.6 is 21.6 Å². The molecule has 2 aromatic carbocycles. The fraction of sp³-hybridized carbons (Fsp3) is 0.355. The first-order valence-electron chi connectivity index (χ1n) is 14.1. The van der Waals surface area contributed by atoms with Gasteiger partial charge >= 0.3 is 12.1 Å². The Labute approximate surface area is 268 Å². The van der Waals surface area contributed by atoms with Gasteiger partial charge in [-0.1, -0.05) is 64.6 Å². The molecule has 12 nitrogen and oxygen atoms in total. The minimum Gasteiger partial charge on any atom is -0.480 e. The van der Waals surface area contributed by atoms with Crippen molar-refractivity contribution in [3.63, 3.8) is 0 Å². The first kappa shape index (κ1) is 33.6. The Morgan fingerprint density at radius 1 is 1.11 bits per heavy atom. The van der Waals surface area contributed by atoms with E-state index in [1.54, 1.807) is 0 Å². The SMILES string of the molecule is C=C1CCC(N2C(=O)c3cccc(NC(=O)OCC(C)(C)SSCCC(=O)N(CC(=O)O)Cc4ccccc4)c3C2=O)C(=O)N1. The van der Waals surface area contributed by atoms with Crippen molar-refractivity contribution in [3.05, 3.63) is 77.5 Å². The van der Waals surface area contributed by atoms with Crippen molar-refractivity contribution in [1.29, 1.82) is 0 Å². The van der Waals surface area contributed by atoms with Gasteiger partial charge in [0.05, 0.1) is 21.6 Å². The summed E-state index contributed by atoms with van der Waals surface area (Å²) in [6, 6.07) is 12.7. The minimum absolute atomic E-state index is 0.00489. The lowest BCUT2D eigenvalue weighted by Crippen LogP contribution is -2.51. The van der Waals surface area contributed by atoms with E-state index in [2.05, 4.69) is 17.2 Å². The highest BCUT2D eigenvalue weighted by atomic mass is 33.1. The molecule has 0 aromatic heterocycles. The van der Waals surface area contributed by atoms with E-state index in [1.165, 1.54) is 44.7 Å². The molecule has 45 heavy (non-hydrogen) atoms. The van der Waals surface area contributed by atoms with Crippen LogP contribution in [-0.4, -0.2) is 80.3 Å². The van der Waals surface area contributed by atoms with Crippen molar-refractivity contribution in [1.82, 2.24) is 15.1 Å². The zero-order chi connectivity index (χ0) is 32.7. The lowest BCUT2D eigenvalue weighted by molar-refractivity contribution is -0.144. The van der Waals surface area contributed by atoms with Crippen LogP contribution in [-0.2, 0) is 25.7 Å². The zero-order valence-corrected chi connectivity index (χ0v) is 26.5. The highest BCUT2D eigenvalue weighted by molar-refractivity contribution is 8.77. The Morgan fingerprint density at radius 2 is 1.84 bits per heavy atom. The van der Waals surface area contributed by atoms with Crippen LogP contribution in [0.5, 0.6) is 0 Å². The number of aliphatic carboxylic acids is 1. The number of ether oxygens (including phenoxy) is 1. The molecule has 1 atom stereocenters. The van der Waals surface area contributed by atoms with Gasteiger partial charge in [-0.15, -0.1) is 0 Å². The molecule has 0 bridgehead atoms.